The van der Waals surface area contributed by atoms with Crippen LogP contribution < -0.4 is 10.2 Å². The molecule has 1 aliphatic rings. The van der Waals surface area contributed by atoms with E-state index in [-0.39, 0.29) is 11.7 Å². The Bertz CT molecular complexity index is 762. The van der Waals surface area contributed by atoms with E-state index in [0.717, 1.165) is 38.4 Å². The topological polar surface area (TPSA) is 35.6 Å². The first kappa shape index (κ1) is 19.0. The van der Waals surface area contributed by atoms with Crippen LogP contribution in [-0.4, -0.2) is 50.1 Å². The van der Waals surface area contributed by atoms with E-state index >= 15 is 0 Å². The quantitative estimate of drug-likeness (QED) is 0.838. The van der Waals surface area contributed by atoms with Crippen molar-refractivity contribution in [1.82, 2.24) is 10.2 Å². The van der Waals surface area contributed by atoms with Gasteiger partial charge in [0.25, 0.3) is 5.91 Å². The summed E-state index contributed by atoms with van der Waals surface area (Å²) in [6, 6.07) is 11.4. The Morgan fingerprint density at radius 1 is 1.04 bits per heavy atom. The molecule has 1 amide bonds. The average Bonchev–Trinajstić information content (AvgIpc) is 2.63. The van der Waals surface area contributed by atoms with E-state index < -0.39 is 0 Å². The highest BCUT2D eigenvalue weighted by Crippen LogP contribution is 2.21. The van der Waals surface area contributed by atoms with Crippen molar-refractivity contribution in [1.29, 1.82) is 0 Å². The Kier molecular flexibility index (Phi) is 6.35. The van der Waals surface area contributed by atoms with Gasteiger partial charge in [0.2, 0.25) is 0 Å². The molecule has 1 N–H and O–H groups in total. The predicted octanol–water partition coefficient (Wildman–Crippen LogP) is 3.68. The second-order valence-electron chi connectivity index (χ2n) is 6.19. The first-order valence-electron chi connectivity index (χ1n) is 8.49. The van der Waals surface area contributed by atoms with Crippen molar-refractivity contribution in [2.75, 3.05) is 44.2 Å². The van der Waals surface area contributed by atoms with Crippen LogP contribution in [0.4, 0.5) is 10.1 Å². The van der Waals surface area contributed by atoms with Gasteiger partial charge in [0.15, 0.2) is 0 Å². The number of amides is 1. The van der Waals surface area contributed by atoms with Crippen LogP contribution in [0.5, 0.6) is 0 Å². The fourth-order valence-electron chi connectivity index (χ4n) is 2.98. The largest absolute Gasteiger partial charge is 0.369 e. The van der Waals surface area contributed by atoms with Gasteiger partial charge in [0, 0.05) is 50.0 Å². The van der Waals surface area contributed by atoms with Crippen molar-refractivity contribution >= 4 is 34.8 Å². The SMILES string of the molecule is O=C(NCCN1CCN(c2ccc(F)cc2)CC1)c1ccc(Cl)cc1Cl. The Balaban J connectivity index is 1.42. The summed E-state index contributed by atoms with van der Waals surface area (Å²) >= 11 is 11.9. The number of carbonyl (C=O) groups excluding carboxylic acids is 1. The molecule has 1 heterocycles. The van der Waals surface area contributed by atoms with Gasteiger partial charge in [0.1, 0.15) is 5.82 Å². The number of nitrogens with one attached hydrogen (secondary N) is 1. The van der Waals surface area contributed by atoms with Crippen LogP contribution in [0.2, 0.25) is 10.0 Å². The summed E-state index contributed by atoms with van der Waals surface area (Å²) in [5.74, 6) is -0.416. The minimum atomic E-state index is -0.219. The van der Waals surface area contributed by atoms with Gasteiger partial charge in [-0.25, -0.2) is 4.39 Å². The van der Waals surface area contributed by atoms with E-state index in [9.17, 15) is 9.18 Å². The van der Waals surface area contributed by atoms with Crippen LogP contribution >= 0.6 is 23.2 Å². The lowest BCUT2D eigenvalue weighted by Crippen LogP contribution is -2.48. The van der Waals surface area contributed by atoms with E-state index in [2.05, 4.69) is 15.1 Å². The molecular weight excluding hydrogens is 376 g/mol. The average molecular weight is 396 g/mol. The highest BCUT2D eigenvalue weighted by molar-refractivity contribution is 6.36. The number of halogens is 3. The van der Waals surface area contributed by atoms with Crippen LogP contribution in [0.1, 0.15) is 10.4 Å². The third-order valence-corrected chi connectivity index (χ3v) is 5.00. The molecule has 2 aromatic rings. The van der Waals surface area contributed by atoms with Gasteiger partial charge in [-0.3, -0.25) is 9.69 Å². The van der Waals surface area contributed by atoms with Crippen molar-refractivity contribution < 1.29 is 9.18 Å². The summed E-state index contributed by atoms with van der Waals surface area (Å²) in [5.41, 5.74) is 1.47. The van der Waals surface area contributed by atoms with E-state index in [1.807, 2.05) is 0 Å². The van der Waals surface area contributed by atoms with Gasteiger partial charge in [0.05, 0.1) is 10.6 Å². The maximum Gasteiger partial charge on any atom is 0.252 e. The van der Waals surface area contributed by atoms with Gasteiger partial charge in [-0.1, -0.05) is 23.2 Å². The second-order valence-corrected chi connectivity index (χ2v) is 7.03. The minimum Gasteiger partial charge on any atom is -0.369 e. The van der Waals surface area contributed by atoms with Crippen molar-refractivity contribution in [3.05, 3.63) is 63.9 Å². The van der Waals surface area contributed by atoms with Gasteiger partial charge in [-0.2, -0.15) is 0 Å². The molecule has 0 aromatic heterocycles. The third-order valence-electron chi connectivity index (χ3n) is 4.45. The van der Waals surface area contributed by atoms with Crippen LogP contribution in [-0.2, 0) is 0 Å². The van der Waals surface area contributed by atoms with Crippen LogP contribution in [0, 0.1) is 5.82 Å². The molecule has 0 saturated carbocycles. The zero-order valence-corrected chi connectivity index (χ0v) is 15.7. The van der Waals surface area contributed by atoms with Gasteiger partial charge in [-0.15, -0.1) is 0 Å². The van der Waals surface area contributed by atoms with Crippen molar-refractivity contribution in [3.8, 4) is 0 Å². The van der Waals surface area contributed by atoms with E-state index in [0.29, 0.717) is 22.2 Å². The smallest absolute Gasteiger partial charge is 0.252 e. The standard InChI is InChI=1S/C19H20Cl2FN3O/c20-14-1-6-17(18(21)13-14)19(26)23-7-8-24-9-11-25(12-10-24)16-4-2-15(22)3-5-16/h1-6,13H,7-12H2,(H,23,26). The Morgan fingerprint density at radius 2 is 1.73 bits per heavy atom. The summed E-state index contributed by atoms with van der Waals surface area (Å²) in [6.45, 7) is 4.87. The number of anilines is 1. The zero-order valence-electron chi connectivity index (χ0n) is 14.2. The lowest BCUT2D eigenvalue weighted by atomic mass is 10.2. The maximum absolute atomic E-state index is 13.0. The van der Waals surface area contributed by atoms with E-state index in [1.54, 1.807) is 30.3 Å². The highest BCUT2D eigenvalue weighted by atomic mass is 35.5. The normalized spacial score (nSPS) is 15.1. The molecule has 2 aromatic carbocycles. The summed E-state index contributed by atoms with van der Waals surface area (Å²) in [5, 5.41) is 3.75. The number of hydrogen-bond acceptors (Lipinski definition) is 3. The summed E-state index contributed by atoms with van der Waals surface area (Å²) in [4.78, 5) is 16.7. The maximum atomic E-state index is 13.0. The Morgan fingerprint density at radius 3 is 2.38 bits per heavy atom. The summed E-state index contributed by atoms with van der Waals surface area (Å²) in [6.07, 6.45) is 0. The molecule has 7 heteroatoms. The first-order valence-corrected chi connectivity index (χ1v) is 9.24. The Labute approximate surface area is 162 Å². The molecule has 1 fully saturated rings. The molecular formula is C19H20Cl2FN3O. The summed E-state index contributed by atoms with van der Waals surface area (Å²) in [7, 11) is 0. The molecule has 1 saturated heterocycles. The molecule has 0 radical (unpaired) electrons. The number of piperazine rings is 1. The third kappa shape index (κ3) is 4.87. The lowest BCUT2D eigenvalue weighted by Gasteiger charge is -2.36. The number of rotatable bonds is 5. The minimum absolute atomic E-state index is 0.198. The van der Waals surface area contributed by atoms with Gasteiger partial charge >= 0.3 is 0 Å². The van der Waals surface area contributed by atoms with E-state index in [4.69, 9.17) is 23.2 Å². The van der Waals surface area contributed by atoms with E-state index in [1.165, 1.54) is 12.1 Å². The van der Waals surface area contributed by atoms with Gasteiger partial charge in [-0.05, 0) is 42.5 Å². The zero-order chi connectivity index (χ0) is 18.5. The molecule has 3 rings (SSSR count). The number of carbonyl (C=O) groups is 1. The first-order chi connectivity index (χ1) is 12.5. The molecule has 138 valence electrons. The van der Waals surface area contributed by atoms with Crippen molar-refractivity contribution in [2.45, 2.75) is 0 Å². The second kappa shape index (κ2) is 8.71. The van der Waals surface area contributed by atoms with Crippen molar-refractivity contribution in [3.63, 3.8) is 0 Å². The number of benzene rings is 2. The molecule has 1 aliphatic heterocycles. The molecule has 0 atom stereocenters. The van der Waals surface area contributed by atoms with Crippen molar-refractivity contribution in [2.24, 2.45) is 0 Å². The molecule has 0 unspecified atom stereocenters. The monoisotopic (exact) mass is 395 g/mol. The molecule has 0 bridgehead atoms. The molecule has 4 nitrogen and oxygen atoms in total. The summed E-state index contributed by atoms with van der Waals surface area (Å²) < 4.78 is 13.0. The highest BCUT2D eigenvalue weighted by Gasteiger charge is 2.17. The fourth-order valence-corrected chi connectivity index (χ4v) is 3.47. The number of nitrogens with zero attached hydrogens (tertiary/aromatic N) is 2. The predicted molar refractivity (Wildman–Crippen MR) is 104 cm³/mol. The van der Waals surface area contributed by atoms with Gasteiger partial charge < -0.3 is 10.2 Å². The molecule has 0 spiro atoms. The fraction of sp³-hybridized carbons (Fsp3) is 0.316. The van der Waals surface area contributed by atoms with Crippen LogP contribution in [0.15, 0.2) is 42.5 Å². The molecule has 26 heavy (non-hydrogen) atoms. The lowest BCUT2D eigenvalue weighted by molar-refractivity contribution is 0.0948. The molecule has 0 aliphatic carbocycles. The van der Waals surface area contributed by atoms with Crippen LogP contribution in [0.25, 0.3) is 0 Å². The Hall–Kier alpha value is -1.82. The number of hydrogen-bond donors (Lipinski definition) is 1. The van der Waals surface area contributed by atoms with Crippen LogP contribution in [0.3, 0.4) is 0 Å².